The van der Waals surface area contributed by atoms with Crippen molar-refractivity contribution in [2.45, 2.75) is 77.4 Å². The van der Waals surface area contributed by atoms with Gasteiger partial charge in [-0.05, 0) is 85.7 Å². The Hall–Kier alpha value is -2.17. The van der Waals surface area contributed by atoms with Crippen LogP contribution in [0.4, 0.5) is 0 Å². The largest absolute Gasteiger partial charge is 0.482 e. The molecule has 0 heterocycles. The molecule has 0 aliphatic heterocycles. The third-order valence-electron chi connectivity index (χ3n) is 9.53. The van der Waals surface area contributed by atoms with Crippen molar-refractivity contribution in [2.75, 3.05) is 6.61 Å². The predicted octanol–water partition coefficient (Wildman–Crippen LogP) is 6.08. The maximum atomic E-state index is 12.4. The molecule has 172 valence electrons. The van der Waals surface area contributed by atoms with E-state index in [9.17, 15) is 9.70 Å². The van der Waals surface area contributed by atoms with E-state index < -0.39 is 0 Å². The zero-order valence-electron chi connectivity index (χ0n) is 19.3. The number of hydrogen-bond acceptors (Lipinski definition) is 5. The number of benzene rings is 1. The van der Waals surface area contributed by atoms with Crippen LogP contribution in [0.5, 0.6) is 5.75 Å². The van der Waals surface area contributed by atoms with Gasteiger partial charge in [-0.25, -0.2) is 4.79 Å². The molecule has 0 bridgehead atoms. The number of hydrogen-bond donors (Lipinski definition) is 0. The molecule has 3 fully saturated rings. The lowest BCUT2D eigenvalue weighted by molar-refractivity contribution is -0.153. The summed E-state index contributed by atoms with van der Waals surface area (Å²) in [6.07, 6.45) is 10.7. The van der Waals surface area contributed by atoms with Gasteiger partial charge in [-0.1, -0.05) is 48.9 Å². The minimum atomic E-state index is -0.288. The number of nitrogens with zero attached hydrogens (tertiary/aromatic N) is 1. The summed E-state index contributed by atoms with van der Waals surface area (Å²) in [6, 6.07) is 9.38. The van der Waals surface area contributed by atoms with E-state index in [1.807, 2.05) is 30.3 Å². The number of carbonyl (C=O) groups is 1. The van der Waals surface area contributed by atoms with Crippen molar-refractivity contribution in [3.05, 3.63) is 46.9 Å². The lowest BCUT2D eigenvalue weighted by atomic mass is 9.48. The second kappa shape index (κ2) is 8.31. The van der Waals surface area contributed by atoms with E-state index in [0.717, 1.165) is 44.9 Å². The molecule has 0 aromatic heterocycles. The molecule has 1 aromatic carbocycles. The quantitative estimate of drug-likeness (QED) is 0.318. The van der Waals surface area contributed by atoms with E-state index in [1.165, 1.54) is 12.0 Å². The number of fused-ring (bicyclic) bond motifs is 5. The Morgan fingerprint density at radius 3 is 2.66 bits per heavy atom. The highest BCUT2D eigenvalue weighted by molar-refractivity contribution is 5.71. The Bertz CT molecular complexity index is 898. The Kier molecular flexibility index (Phi) is 5.63. The maximum absolute atomic E-state index is 12.4. The van der Waals surface area contributed by atoms with Gasteiger partial charge in [0.1, 0.15) is 11.9 Å². The number of ether oxygens (including phenoxy) is 2. The van der Waals surface area contributed by atoms with Crippen LogP contribution in [-0.2, 0) is 9.53 Å². The summed E-state index contributed by atoms with van der Waals surface area (Å²) >= 11 is 0. The van der Waals surface area contributed by atoms with Gasteiger partial charge in [0.15, 0.2) is 6.61 Å². The Morgan fingerprint density at radius 2 is 1.88 bits per heavy atom. The standard InChI is InChI=1S/C27H35NO4/c1-26-14-12-20(32-25(29)17-31-19-6-4-3-5-7-19)16-18(26)8-9-21-22-10-11-24(28-30)27(22,2)15-13-23(21)26/h3-8,20-24H,9-17H2,1-2H3/t20-,21?,22?,23?,24?,26-,27-/m0/s1. The summed E-state index contributed by atoms with van der Waals surface area (Å²) in [6.45, 7) is 4.72. The van der Waals surface area contributed by atoms with Gasteiger partial charge >= 0.3 is 5.97 Å². The molecule has 3 saturated carbocycles. The van der Waals surface area contributed by atoms with Gasteiger partial charge in [0.05, 0.1) is 6.04 Å². The van der Waals surface area contributed by atoms with E-state index in [1.54, 1.807) is 0 Å². The first kappa shape index (κ1) is 21.7. The molecule has 1 aromatic rings. The minimum Gasteiger partial charge on any atom is -0.482 e. The fraction of sp³-hybridized carbons (Fsp3) is 0.667. The van der Waals surface area contributed by atoms with Crippen molar-refractivity contribution in [1.29, 1.82) is 0 Å². The highest BCUT2D eigenvalue weighted by Gasteiger charge is 2.59. The predicted molar refractivity (Wildman–Crippen MR) is 123 cm³/mol. The van der Waals surface area contributed by atoms with Crippen molar-refractivity contribution in [3.63, 3.8) is 0 Å². The fourth-order valence-corrected chi connectivity index (χ4v) is 7.75. The van der Waals surface area contributed by atoms with Crippen LogP contribution in [0.15, 0.2) is 47.2 Å². The van der Waals surface area contributed by atoms with E-state index in [4.69, 9.17) is 9.47 Å². The van der Waals surface area contributed by atoms with Crippen molar-refractivity contribution in [3.8, 4) is 5.75 Å². The van der Waals surface area contributed by atoms with Gasteiger partial charge in [0.25, 0.3) is 0 Å². The summed E-state index contributed by atoms with van der Waals surface area (Å²) in [5.74, 6) is 2.34. The van der Waals surface area contributed by atoms with Gasteiger partial charge in [-0.2, -0.15) is 4.91 Å². The molecule has 0 N–H and O–H groups in total. The molecule has 7 atom stereocenters. The van der Waals surface area contributed by atoms with Crippen LogP contribution in [0.1, 0.15) is 65.2 Å². The van der Waals surface area contributed by atoms with Crippen LogP contribution in [0.25, 0.3) is 0 Å². The second-order valence-corrected chi connectivity index (χ2v) is 11.0. The summed E-state index contributed by atoms with van der Waals surface area (Å²) < 4.78 is 11.4. The summed E-state index contributed by atoms with van der Waals surface area (Å²) in [5.41, 5.74) is 1.77. The van der Waals surface area contributed by atoms with Gasteiger partial charge in [0, 0.05) is 6.42 Å². The molecule has 0 amide bonds. The molecule has 0 radical (unpaired) electrons. The smallest absolute Gasteiger partial charge is 0.344 e. The molecule has 5 rings (SSSR count). The molecular weight excluding hydrogens is 402 g/mol. The van der Waals surface area contributed by atoms with Crippen LogP contribution in [-0.4, -0.2) is 24.7 Å². The third-order valence-corrected chi connectivity index (χ3v) is 9.53. The monoisotopic (exact) mass is 437 g/mol. The van der Waals surface area contributed by atoms with Crippen LogP contribution in [0, 0.1) is 33.5 Å². The molecule has 5 heteroatoms. The Morgan fingerprint density at radius 1 is 1.06 bits per heavy atom. The van der Waals surface area contributed by atoms with Crippen molar-refractivity contribution < 1.29 is 14.3 Å². The van der Waals surface area contributed by atoms with E-state index in [2.05, 4.69) is 25.1 Å². The average molecular weight is 438 g/mol. The fourth-order valence-electron chi connectivity index (χ4n) is 7.75. The second-order valence-electron chi connectivity index (χ2n) is 11.0. The molecular formula is C27H35NO4. The van der Waals surface area contributed by atoms with E-state index >= 15 is 0 Å². The molecule has 4 aliphatic carbocycles. The first-order valence-corrected chi connectivity index (χ1v) is 12.3. The summed E-state index contributed by atoms with van der Waals surface area (Å²) in [4.78, 5) is 23.8. The van der Waals surface area contributed by atoms with E-state index in [0.29, 0.717) is 23.5 Å². The maximum Gasteiger partial charge on any atom is 0.344 e. The number of para-hydroxylation sites is 1. The molecule has 5 nitrogen and oxygen atoms in total. The van der Waals surface area contributed by atoms with Crippen LogP contribution < -0.4 is 4.74 Å². The van der Waals surface area contributed by atoms with Gasteiger partial charge in [-0.15, -0.1) is 0 Å². The molecule has 0 saturated heterocycles. The van der Waals surface area contributed by atoms with Crippen LogP contribution in [0.3, 0.4) is 0 Å². The molecule has 4 aliphatic rings. The zero-order chi connectivity index (χ0) is 22.3. The SMILES string of the molecule is C[C@]12CCC3C(CC=C4C[C@@H](OC(=O)COc5ccccc5)CC[C@@]43C)C1CCC2N=O. The lowest BCUT2D eigenvalue weighted by Gasteiger charge is -2.57. The molecule has 4 unspecified atom stereocenters. The summed E-state index contributed by atoms with van der Waals surface area (Å²) in [5, 5.41) is 3.53. The number of allylic oxidation sites excluding steroid dienone is 1. The topological polar surface area (TPSA) is 65.0 Å². The van der Waals surface area contributed by atoms with Crippen LogP contribution >= 0.6 is 0 Å². The summed E-state index contributed by atoms with van der Waals surface area (Å²) in [7, 11) is 0. The Balaban J connectivity index is 1.23. The lowest BCUT2D eigenvalue weighted by Crippen LogP contribution is -2.51. The minimum absolute atomic E-state index is 0.000105. The third kappa shape index (κ3) is 3.58. The molecule has 32 heavy (non-hydrogen) atoms. The first-order chi connectivity index (χ1) is 15.4. The normalized spacial score (nSPS) is 40.3. The van der Waals surface area contributed by atoms with Gasteiger partial charge in [0.2, 0.25) is 0 Å². The number of carbonyl (C=O) groups excluding carboxylic acids is 1. The first-order valence-electron chi connectivity index (χ1n) is 12.3. The van der Waals surface area contributed by atoms with Crippen molar-refractivity contribution in [2.24, 2.45) is 33.8 Å². The van der Waals surface area contributed by atoms with Crippen molar-refractivity contribution >= 4 is 5.97 Å². The van der Waals surface area contributed by atoms with Crippen LogP contribution in [0.2, 0.25) is 0 Å². The van der Waals surface area contributed by atoms with Gasteiger partial charge < -0.3 is 9.47 Å². The number of nitroso groups, excluding NO2 is 1. The number of rotatable bonds is 5. The average Bonchev–Trinajstić information content (AvgIpc) is 3.15. The molecule has 0 spiro atoms. The zero-order valence-corrected chi connectivity index (χ0v) is 19.3. The van der Waals surface area contributed by atoms with E-state index in [-0.39, 0.29) is 35.6 Å². The van der Waals surface area contributed by atoms with Gasteiger partial charge in [-0.3, -0.25) is 0 Å². The highest BCUT2D eigenvalue weighted by Crippen LogP contribution is 2.65. The highest BCUT2D eigenvalue weighted by atomic mass is 16.6. The Labute approximate surface area is 190 Å². The van der Waals surface area contributed by atoms with Crippen molar-refractivity contribution in [1.82, 2.24) is 0 Å². The number of esters is 1.